The molecule has 4 nitrogen and oxygen atoms in total. The molecule has 0 aromatic carbocycles. The van der Waals surface area contributed by atoms with Gasteiger partial charge < -0.3 is 10.4 Å². The van der Waals surface area contributed by atoms with E-state index >= 15 is 0 Å². The van der Waals surface area contributed by atoms with Crippen molar-refractivity contribution < 1.29 is 9.90 Å². The van der Waals surface area contributed by atoms with Gasteiger partial charge >= 0.3 is 0 Å². The van der Waals surface area contributed by atoms with Gasteiger partial charge in [-0.1, -0.05) is 20.8 Å². The maximum absolute atomic E-state index is 11.1. The molecule has 1 aliphatic heterocycles. The lowest BCUT2D eigenvalue weighted by molar-refractivity contribution is -0.124. The average molecular weight is 172 g/mol. The fourth-order valence-electron chi connectivity index (χ4n) is 1.21. The molecule has 1 rings (SSSR count). The monoisotopic (exact) mass is 172 g/mol. The first-order chi connectivity index (χ1) is 5.43. The summed E-state index contributed by atoms with van der Waals surface area (Å²) in [5.41, 5.74) is -0.265. The number of carbonyl (C=O) groups is 1. The molecule has 4 heteroatoms. The molecule has 0 aromatic heterocycles. The van der Waals surface area contributed by atoms with E-state index in [-0.39, 0.29) is 11.3 Å². The van der Waals surface area contributed by atoms with Gasteiger partial charge in [-0.2, -0.15) is 0 Å². The first-order valence-electron chi connectivity index (χ1n) is 4.12. The minimum Gasteiger partial charge on any atom is -0.390 e. The highest BCUT2D eigenvalue weighted by Crippen LogP contribution is 2.22. The lowest BCUT2D eigenvalue weighted by Gasteiger charge is -2.29. The number of amides is 1. The summed E-state index contributed by atoms with van der Waals surface area (Å²) in [6, 6.07) is -0.454. The molecule has 2 unspecified atom stereocenters. The fourth-order valence-corrected chi connectivity index (χ4v) is 1.21. The molecule has 1 heterocycles. The van der Waals surface area contributed by atoms with Crippen molar-refractivity contribution in [3.05, 3.63) is 0 Å². The Labute approximate surface area is 72.3 Å². The van der Waals surface area contributed by atoms with E-state index in [4.69, 9.17) is 0 Å². The van der Waals surface area contributed by atoms with E-state index in [0.717, 1.165) is 0 Å². The smallest absolute Gasteiger partial charge is 0.240 e. The number of hydrogen-bond donors (Lipinski definition) is 3. The van der Waals surface area contributed by atoms with Crippen molar-refractivity contribution in [3.8, 4) is 0 Å². The maximum atomic E-state index is 11.1. The van der Waals surface area contributed by atoms with Gasteiger partial charge in [0.2, 0.25) is 5.91 Å². The lowest BCUT2D eigenvalue weighted by atomic mass is 9.85. The summed E-state index contributed by atoms with van der Waals surface area (Å²) in [6.07, 6.45) is -0.639. The molecule has 1 amide bonds. The Bertz CT molecular complexity index is 186. The predicted octanol–water partition coefficient (Wildman–Crippen LogP) is -0.561. The van der Waals surface area contributed by atoms with Crippen molar-refractivity contribution >= 4 is 5.91 Å². The van der Waals surface area contributed by atoms with Gasteiger partial charge in [0.1, 0.15) is 6.04 Å². The molecular weight excluding hydrogens is 156 g/mol. The summed E-state index contributed by atoms with van der Waals surface area (Å²) in [5, 5.41) is 15.2. The summed E-state index contributed by atoms with van der Waals surface area (Å²) in [5.74, 6) is -0.113. The summed E-state index contributed by atoms with van der Waals surface area (Å²) in [4.78, 5) is 11.1. The second-order valence-corrected chi connectivity index (χ2v) is 4.21. The standard InChI is InChI=1S/C8H16N2O2/c1-8(2,3)6(11)5-7(12)10-4-9-5/h5-6,9,11H,4H2,1-3H3,(H,10,12). The highest BCUT2D eigenvalue weighted by Gasteiger charge is 2.37. The predicted molar refractivity (Wildman–Crippen MR) is 45.4 cm³/mol. The van der Waals surface area contributed by atoms with Crippen LogP contribution in [-0.2, 0) is 4.79 Å². The van der Waals surface area contributed by atoms with Crippen LogP contribution in [0.2, 0.25) is 0 Å². The Morgan fingerprint density at radius 3 is 2.50 bits per heavy atom. The number of aliphatic hydroxyl groups excluding tert-OH is 1. The van der Waals surface area contributed by atoms with Crippen LogP contribution < -0.4 is 10.6 Å². The number of aliphatic hydroxyl groups is 1. The van der Waals surface area contributed by atoms with Crippen LogP contribution in [0.15, 0.2) is 0 Å². The van der Waals surface area contributed by atoms with Gasteiger partial charge in [0.25, 0.3) is 0 Å². The van der Waals surface area contributed by atoms with Crippen LogP contribution in [0.25, 0.3) is 0 Å². The van der Waals surface area contributed by atoms with Gasteiger partial charge in [0, 0.05) is 0 Å². The third-order valence-electron chi connectivity index (χ3n) is 2.07. The zero-order valence-corrected chi connectivity index (χ0v) is 7.72. The zero-order chi connectivity index (χ0) is 9.35. The summed E-state index contributed by atoms with van der Waals surface area (Å²) >= 11 is 0. The fraction of sp³-hybridized carbons (Fsp3) is 0.875. The van der Waals surface area contributed by atoms with E-state index < -0.39 is 12.1 Å². The van der Waals surface area contributed by atoms with Gasteiger partial charge in [-0.25, -0.2) is 0 Å². The number of carbonyl (C=O) groups excluding carboxylic acids is 1. The minimum atomic E-state index is -0.639. The van der Waals surface area contributed by atoms with Crippen molar-refractivity contribution in [1.29, 1.82) is 0 Å². The van der Waals surface area contributed by atoms with Crippen LogP contribution >= 0.6 is 0 Å². The maximum Gasteiger partial charge on any atom is 0.240 e. The second-order valence-electron chi connectivity index (χ2n) is 4.21. The average Bonchev–Trinajstić information content (AvgIpc) is 2.31. The molecule has 3 N–H and O–H groups in total. The third-order valence-corrected chi connectivity index (χ3v) is 2.07. The van der Waals surface area contributed by atoms with Crippen LogP contribution in [0, 0.1) is 5.41 Å². The Hall–Kier alpha value is -0.610. The molecular formula is C8H16N2O2. The Morgan fingerprint density at radius 1 is 1.58 bits per heavy atom. The highest BCUT2D eigenvalue weighted by atomic mass is 16.3. The van der Waals surface area contributed by atoms with Crippen LogP contribution in [0.3, 0.4) is 0 Å². The van der Waals surface area contributed by atoms with Gasteiger partial charge in [0.05, 0.1) is 12.8 Å². The van der Waals surface area contributed by atoms with Crippen molar-refractivity contribution in [3.63, 3.8) is 0 Å². The molecule has 2 atom stereocenters. The van der Waals surface area contributed by atoms with Crippen molar-refractivity contribution in [2.24, 2.45) is 5.41 Å². The number of rotatable bonds is 1. The Kier molecular flexibility index (Phi) is 2.39. The van der Waals surface area contributed by atoms with E-state index in [1.807, 2.05) is 20.8 Å². The zero-order valence-electron chi connectivity index (χ0n) is 7.72. The molecule has 0 aromatic rings. The van der Waals surface area contributed by atoms with Crippen LogP contribution in [0.1, 0.15) is 20.8 Å². The van der Waals surface area contributed by atoms with Gasteiger partial charge in [-0.05, 0) is 5.41 Å². The van der Waals surface area contributed by atoms with E-state index in [0.29, 0.717) is 6.67 Å². The molecule has 70 valence electrons. The quantitative estimate of drug-likeness (QED) is 0.497. The van der Waals surface area contributed by atoms with Crippen molar-refractivity contribution in [2.75, 3.05) is 6.67 Å². The number of hydrogen-bond acceptors (Lipinski definition) is 3. The largest absolute Gasteiger partial charge is 0.390 e. The third kappa shape index (κ3) is 1.76. The van der Waals surface area contributed by atoms with Gasteiger partial charge in [-0.15, -0.1) is 0 Å². The van der Waals surface area contributed by atoms with E-state index in [9.17, 15) is 9.90 Å². The molecule has 1 aliphatic rings. The first-order valence-corrected chi connectivity index (χ1v) is 4.12. The summed E-state index contributed by atoms with van der Waals surface area (Å²) in [6.45, 7) is 6.18. The first kappa shape index (κ1) is 9.48. The normalized spacial score (nSPS) is 27.0. The molecule has 0 aliphatic carbocycles. The molecule has 1 saturated heterocycles. The summed E-state index contributed by atoms with van der Waals surface area (Å²) in [7, 11) is 0. The van der Waals surface area contributed by atoms with Crippen LogP contribution in [-0.4, -0.2) is 29.8 Å². The molecule has 0 radical (unpaired) electrons. The van der Waals surface area contributed by atoms with E-state index in [1.165, 1.54) is 0 Å². The second kappa shape index (κ2) is 3.03. The van der Waals surface area contributed by atoms with E-state index in [1.54, 1.807) is 0 Å². The Balaban J connectivity index is 2.63. The molecule has 12 heavy (non-hydrogen) atoms. The van der Waals surface area contributed by atoms with Gasteiger partial charge in [-0.3, -0.25) is 10.1 Å². The van der Waals surface area contributed by atoms with E-state index in [2.05, 4.69) is 10.6 Å². The lowest BCUT2D eigenvalue weighted by Crippen LogP contribution is -2.47. The van der Waals surface area contributed by atoms with Crippen LogP contribution in [0.4, 0.5) is 0 Å². The molecule has 1 fully saturated rings. The van der Waals surface area contributed by atoms with Gasteiger partial charge in [0.15, 0.2) is 0 Å². The molecule has 0 saturated carbocycles. The van der Waals surface area contributed by atoms with Crippen molar-refractivity contribution in [1.82, 2.24) is 10.6 Å². The molecule has 0 spiro atoms. The Morgan fingerprint density at radius 2 is 2.17 bits per heavy atom. The topological polar surface area (TPSA) is 61.4 Å². The van der Waals surface area contributed by atoms with Crippen LogP contribution in [0.5, 0.6) is 0 Å². The minimum absolute atomic E-state index is 0.113. The van der Waals surface area contributed by atoms with Crippen molar-refractivity contribution in [2.45, 2.75) is 32.9 Å². The summed E-state index contributed by atoms with van der Waals surface area (Å²) < 4.78 is 0. The molecule has 0 bridgehead atoms. The highest BCUT2D eigenvalue weighted by molar-refractivity contribution is 5.84. The number of nitrogens with one attached hydrogen (secondary N) is 2. The SMILES string of the molecule is CC(C)(C)C(O)C1NCNC1=O.